The van der Waals surface area contributed by atoms with E-state index in [1.54, 1.807) is 35.9 Å². The van der Waals surface area contributed by atoms with Crippen LogP contribution in [0, 0.1) is 0 Å². The summed E-state index contributed by atoms with van der Waals surface area (Å²) in [6.07, 6.45) is 7.04. The zero-order chi connectivity index (χ0) is 17.2. The molecule has 8 nitrogen and oxygen atoms in total. The third-order valence-corrected chi connectivity index (χ3v) is 4.38. The highest BCUT2D eigenvalue weighted by Crippen LogP contribution is 2.31. The number of likely N-dealkylation sites (tertiary alicyclic amines) is 1. The van der Waals surface area contributed by atoms with Gasteiger partial charge in [0.1, 0.15) is 6.26 Å². The molecule has 0 bridgehead atoms. The summed E-state index contributed by atoms with van der Waals surface area (Å²) < 4.78 is 10.3. The molecule has 1 saturated heterocycles. The second-order valence-corrected chi connectivity index (χ2v) is 5.95. The zero-order valence-corrected chi connectivity index (χ0v) is 13.6. The number of carbonyl (C=O) groups excluding carboxylic acids is 1. The Morgan fingerprint density at radius 2 is 2.32 bits per heavy atom. The summed E-state index contributed by atoms with van der Waals surface area (Å²) in [5.41, 5.74) is 1.76. The first-order valence-corrected chi connectivity index (χ1v) is 7.96. The minimum absolute atomic E-state index is 0.0500. The quantitative estimate of drug-likeness (QED) is 0.757. The van der Waals surface area contributed by atoms with E-state index in [-0.39, 0.29) is 18.0 Å². The van der Waals surface area contributed by atoms with Crippen molar-refractivity contribution in [3.63, 3.8) is 0 Å². The van der Waals surface area contributed by atoms with Gasteiger partial charge in [0.15, 0.2) is 0 Å². The molecule has 1 aliphatic rings. The summed E-state index contributed by atoms with van der Waals surface area (Å²) in [5.74, 6) is 1.04. The van der Waals surface area contributed by atoms with Crippen molar-refractivity contribution in [2.75, 3.05) is 7.05 Å². The van der Waals surface area contributed by atoms with Gasteiger partial charge in [0.2, 0.25) is 17.6 Å². The van der Waals surface area contributed by atoms with Crippen molar-refractivity contribution in [3.8, 4) is 11.4 Å². The number of rotatable bonds is 5. The van der Waals surface area contributed by atoms with E-state index in [0.29, 0.717) is 24.7 Å². The van der Waals surface area contributed by atoms with Crippen LogP contribution >= 0.6 is 0 Å². The summed E-state index contributed by atoms with van der Waals surface area (Å²) in [6.45, 7) is 0.382. The van der Waals surface area contributed by atoms with Gasteiger partial charge in [-0.3, -0.25) is 9.78 Å². The molecule has 8 heteroatoms. The Morgan fingerprint density at radius 3 is 3.08 bits per heavy atom. The number of aromatic nitrogens is 3. The topological polar surface area (TPSA) is 97.3 Å². The Labute approximate surface area is 143 Å². The predicted molar refractivity (Wildman–Crippen MR) is 87.0 cm³/mol. The molecule has 128 valence electrons. The number of likely N-dealkylation sites (N-methyl/N-ethyl adjacent to an activating group) is 1. The highest BCUT2D eigenvalue weighted by atomic mass is 16.5. The number of hydrogen-bond donors (Lipinski definition) is 1. The molecule has 0 unspecified atom stereocenters. The Morgan fingerprint density at radius 1 is 1.40 bits per heavy atom. The lowest BCUT2D eigenvalue weighted by atomic mass is 10.0. The van der Waals surface area contributed by atoms with Crippen molar-refractivity contribution in [2.45, 2.75) is 25.0 Å². The number of furan rings is 1. The minimum Gasteiger partial charge on any atom is -0.472 e. The molecule has 1 fully saturated rings. The van der Waals surface area contributed by atoms with E-state index in [9.17, 15) is 4.79 Å². The molecule has 4 rings (SSSR count). The maximum absolute atomic E-state index is 12.1. The molecule has 0 spiro atoms. The average Bonchev–Trinajstić information content (AvgIpc) is 3.35. The van der Waals surface area contributed by atoms with Crippen molar-refractivity contribution in [1.82, 2.24) is 25.3 Å². The highest BCUT2D eigenvalue weighted by Gasteiger charge is 2.38. The molecule has 3 aromatic rings. The Hall–Kier alpha value is -3.00. The number of pyridine rings is 1. The molecule has 1 N–H and O–H groups in total. The number of hydrogen-bond acceptors (Lipinski definition) is 7. The maximum atomic E-state index is 12.1. The third kappa shape index (κ3) is 3.03. The van der Waals surface area contributed by atoms with Crippen LogP contribution in [-0.4, -0.2) is 39.0 Å². The number of nitrogens with zero attached hydrogens (tertiary/aromatic N) is 4. The van der Waals surface area contributed by atoms with Crippen molar-refractivity contribution < 1.29 is 13.7 Å². The van der Waals surface area contributed by atoms with Crippen molar-refractivity contribution in [1.29, 1.82) is 0 Å². The Balaban J connectivity index is 1.47. The van der Waals surface area contributed by atoms with Gasteiger partial charge in [-0.2, -0.15) is 4.98 Å². The predicted octanol–water partition coefficient (Wildman–Crippen LogP) is 1.79. The van der Waals surface area contributed by atoms with Crippen LogP contribution in [0.15, 0.2) is 52.1 Å². The summed E-state index contributed by atoms with van der Waals surface area (Å²) in [7, 11) is 1.81. The summed E-state index contributed by atoms with van der Waals surface area (Å²) in [4.78, 5) is 22.4. The molecular formula is C17H17N5O3. The number of amides is 1. The van der Waals surface area contributed by atoms with Gasteiger partial charge < -0.3 is 19.2 Å². The van der Waals surface area contributed by atoms with E-state index in [1.807, 2.05) is 19.2 Å². The molecule has 2 atom stereocenters. The van der Waals surface area contributed by atoms with Gasteiger partial charge in [0, 0.05) is 31.9 Å². The van der Waals surface area contributed by atoms with E-state index >= 15 is 0 Å². The Kier molecular flexibility index (Phi) is 4.02. The summed E-state index contributed by atoms with van der Waals surface area (Å²) in [6, 6.07) is 5.50. The lowest BCUT2D eigenvalue weighted by molar-refractivity contribution is -0.127. The normalized spacial score (nSPS) is 20.4. The van der Waals surface area contributed by atoms with Gasteiger partial charge in [-0.05, 0) is 17.7 Å². The largest absolute Gasteiger partial charge is 0.472 e. The second-order valence-electron chi connectivity index (χ2n) is 5.95. The smallest absolute Gasteiger partial charge is 0.240 e. The fourth-order valence-corrected chi connectivity index (χ4v) is 3.11. The molecule has 0 saturated carbocycles. The molecule has 4 heterocycles. The molecule has 25 heavy (non-hydrogen) atoms. The van der Waals surface area contributed by atoms with Gasteiger partial charge in [0.25, 0.3) is 0 Å². The van der Waals surface area contributed by atoms with Crippen LogP contribution in [-0.2, 0) is 11.3 Å². The monoisotopic (exact) mass is 339 g/mol. The minimum atomic E-state index is -0.0718. The third-order valence-electron chi connectivity index (χ3n) is 4.38. The highest BCUT2D eigenvalue weighted by molar-refractivity contribution is 5.80. The first-order valence-electron chi connectivity index (χ1n) is 7.96. The van der Waals surface area contributed by atoms with E-state index in [1.165, 1.54) is 0 Å². The zero-order valence-electron chi connectivity index (χ0n) is 13.6. The van der Waals surface area contributed by atoms with Crippen molar-refractivity contribution in [3.05, 3.63) is 54.6 Å². The first-order chi connectivity index (χ1) is 12.2. The van der Waals surface area contributed by atoms with Crippen LogP contribution in [0.2, 0.25) is 0 Å². The van der Waals surface area contributed by atoms with Crippen molar-refractivity contribution in [2.24, 2.45) is 0 Å². The van der Waals surface area contributed by atoms with Crippen LogP contribution < -0.4 is 5.32 Å². The number of carbonyl (C=O) groups is 1. The Bertz CT molecular complexity index is 846. The molecule has 0 aliphatic carbocycles. The van der Waals surface area contributed by atoms with Gasteiger partial charge in [-0.25, -0.2) is 0 Å². The molecule has 0 aromatic carbocycles. The molecule has 3 aromatic heterocycles. The van der Waals surface area contributed by atoms with Gasteiger partial charge in [-0.15, -0.1) is 0 Å². The first kappa shape index (κ1) is 15.5. The van der Waals surface area contributed by atoms with Gasteiger partial charge in [-0.1, -0.05) is 11.2 Å². The summed E-state index contributed by atoms with van der Waals surface area (Å²) >= 11 is 0. The van der Waals surface area contributed by atoms with Crippen LogP contribution in [0.5, 0.6) is 0 Å². The van der Waals surface area contributed by atoms with E-state index < -0.39 is 0 Å². The van der Waals surface area contributed by atoms with Crippen LogP contribution in [0.4, 0.5) is 0 Å². The van der Waals surface area contributed by atoms with E-state index in [0.717, 1.165) is 11.1 Å². The fourth-order valence-electron chi connectivity index (χ4n) is 3.11. The van der Waals surface area contributed by atoms with Crippen LogP contribution in [0.1, 0.15) is 23.9 Å². The van der Waals surface area contributed by atoms with Crippen LogP contribution in [0.3, 0.4) is 0 Å². The summed E-state index contributed by atoms with van der Waals surface area (Å²) in [5, 5.41) is 7.29. The molecule has 1 amide bonds. The van der Waals surface area contributed by atoms with Crippen molar-refractivity contribution >= 4 is 5.91 Å². The van der Waals surface area contributed by atoms with Gasteiger partial charge >= 0.3 is 0 Å². The van der Waals surface area contributed by atoms with Gasteiger partial charge in [0.05, 0.1) is 24.4 Å². The van der Waals surface area contributed by atoms with Crippen LogP contribution in [0.25, 0.3) is 11.4 Å². The average molecular weight is 339 g/mol. The number of nitrogens with one attached hydrogen (secondary N) is 1. The lowest BCUT2D eigenvalue weighted by Gasteiger charge is -2.25. The molecular weight excluding hydrogens is 322 g/mol. The SMILES string of the molecule is CN1C(=O)C[C@@H](NCc2nc(-c3ccoc3)no2)[C@@H]1c1cccnc1. The standard InChI is InChI=1S/C17H17N5O3/c1-22-15(23)7-13(16(22)11-3-2-5-18-8-11)19-9-14-20-17(21-25-14)12-4-6-24-10-12/h2-6,8,10,13,16,19H,7,9H2,1H3/t13-,16+/m1/s1. The second kappa shape index (κ2) is 6.48. The molecule has 1 aliphatic heterocycles. The maximum Gasteiger partial charge on any atom is 0.240 e. The van der Waals surface area contributed by atoms with E-state index in [2.05, 4.69) is 20.4 Å². The fraction of sp³-hybridized carbons (Fsp3) is 0.294. The van der Waals surface area contributed by atoms with E-state index in [4.69, 9.17) is 8.94 Å². The molecule has 0 radical (unpaired) electrons. The lowest BCUT2D eigenvalue weighted by Crippen LogP contribution is -2.34.